The number of alkyl halides is 3. The number of pyridine rings is 1. The van der Waals surface area contributed by atoms with Crippen LogP contribution >= 0.6 is 0 Å². The van der Waals surface area contributed by atoms with Crippen molar-refractivity contribution in [3.63, 3.8) is 0 Å². The van der Waals surface area contributed by atoms with Crippen molar-refractivity contribution in [1.29, 1.82) is 0 Å². The lowest BCUT2D eigenvalue weighted by Gasteiger charge is -2.26. The maximum atomic E-state index is 12.9. The third kappa shape index (κ3) is 3.36. The molecule has 0 bridgehead atoms. The lowest BCUT2D eigenvalue weighted by Crippen LogP contribution is -2.33. The Balaban J connectivity index is 2.29. The van der Waals surface area contributed by atoms with Gasteiger partial charge in [0.25, 0.3) is 0 Å². The Morgan fingerprint density at radius 3 is 2.95 bits per heavy atom. The zero-order chi connectivity index (χ0) is 13.9. The highest BCUT2D eigenvalue weighted by atomic mass is 19.4. The predicted molar refractivity (Wildman–Crippen MR) is 62.8 cm³/mol. The van der Waals surface area contributed by atoms with Gasteiger partial charge in [0.05, 0.1) is 18.8 Å². The summed E-state index contributed by atoms with van der Waals surface area (Å²) in [6, 6.07) is 2.28. The van der Waals surface area contributed by atoms with E-state index >= 15 is 0 Å². The highest BCUT2D eigenvalue weighted by molar-refractivity contribution is 5.48. The third-order valence-electron chi connectivity index (χ3n) is 2.99. The quantitative estimate of drug-likeness (QED) is 0.890. The molecule has 1 aromatic heterocycles. The predicted octanol–water partition coefficient (Wildman–Crippen LogP) is 1.55. The van der Waals surface area contributed by atoms with Gasteiger partial charge in [-0.2, -0.15) is 13.2 Å². The highest BCUT2D eigenvalue weighted by Crippen LogP contribution is 2.35. The molecule has 1 atom stereocenters. The summed E-state index contributed by atoms with van der Waals surface area (Å²) in [6.45, 7) is 1.18. The number of nitrogens with zero attached hydrogens (tertiary/aromatic N) is 2. The second-order valence-electron chi connectivity index (χ2n) is 4.44. The summed E-state index contributed by atoms with van der Waals surface area (Å²) < 4.78 is 44.1. The fourth-order valence-electron chi connectivity index (χ4n) is 2.05. The van der Waals surface area contributed by atoms with Crippen molar-refractivity contribution < 1.29 is 23.0 Å². The summed E-state index contributed by atoms with van der Waals surface area (Å²) in [4.78, 5) is 5.37. The second-order valence-corrected chi connectivity index (χ2v) is 4.44. The number of rotatable bonds is 2. The van der Waals surface area contributed by atoms with Crippen molar-refractivity contribution in [2.24, 2.45) is 5.92 Å². The Labute approximate surface area is 108 Å². The van der Waals surface area contributed by atoms with E-state index in [1.54, 1.807) is 0 Å². The van der Waals surface area contributed by atoms with E-state index in [1.807, 2.05) is 0 Å². The van der Waals surface area contributed by atoms with E-state index in [1.165, 1.54) is 17.2 Å². The van der Waals surface area contributed by atoms with Gasteiger partial charge >= 0.3 is 6.18 Å². The molecule has 7 heteroatoms. The topological polar surface area (TPSA) is 45.6 Å². The molecule has 0 aliphatic carbocycles. The van der Waals surface area contributed by atoms with Crippen LogP contribution in [0.5, 0.6) is 0 Å². The van der Waals surface area contributed by atoms with Crippen LogP contribution in [0.2, 0.25) is 0 Å². The SMILES string of the molecule is OC[C@H]1COCCN(c2ncccc2C(F)(F)F)C1. The summed E-state index contributed by atoms with van der Waals surface area (Å²) in [5.74, 6) is -0.301. The number of anilines is 1. The van der Waals surface area contributed by atoms with Crippen LogP contribution in [0.4, 0.5) is 19.0 Å². The zero-order valence-electron chi connectivity index (χ0n) is 10.2. The van der Waals surface area contributed by atoms with Gasteiger partial charge in [0.1, 0.15) is 5.82 Å². The molecule has 2 heterocycles. The van der Waals surface area contributed by atoms with Crippen molar-refractivity contribution >= 4 is 5.82 Å². The Kier molecular flexibility index (Phi) is 4.26. The summed E-state index contributed by atoms with van der Waals surface area (Å²) in [5, 5.41) is 9.16. The minimum absolute atomic E-state index is 0.0982. The molecule has 0 spiro atoms. The van der Waals surface area contributed by atoms with Gasteiger partial charge < -0.3 is 14.7 Å². The molecule has 4 nitrogen and oxygen atoms in total. The van der Waals surface area contributed by atoms with Gasteiger partial charge in [-0.15, -0.1) is 0 Å². The van der Waals surface area contributed by atoms with E-state index < -0.39 is 11.7 Å². The van der Waals surface area contributed by atoms with Crippen LogP contribution in [0, 0.1) is 5.92 Å². The molecular weight excluding hydrogens is 261 g/mol. The minimum atomic E-state index is -4.44. The number of halogens is 3. The lowest BCUT2D eigenvalue weighted by molar-refractivity contribution is -0.137. The molecule has 0 amide bonds. The third-order valence-corrected chi connectivity index (χ3v) is 2.99. The molecule has 1 saturated heterocycles. The van der Waals surface area contributed by atoms with Gasteiger partial charge in [0.15, 0.2) is 0 Å². The van der Waals surface area contributed by atoms with Crippen molar-refractivity contribution in [3.05, 3.63) is 23.9 Å². The largest absolute Gasteiger partial charge is 0.419 e. The maximum absolute atomic E-state index is 12.9. The number of aliphatic hydroxyl groups is 1. The van der Waals surface area contributed by atoms with E-state index in [-0.39, 0.29) is 18.3 Å². The Morgan fingerprint density at radius 1 is 1.47 bits per heavy atom. The molecule has 106 valence electrons. The average Bonchev–Trinajstić information content (AvgIpc) is 2.63. The Hall–Kier alpha value is -1.34. The van der Waals surface area contributed by atoms with E-state index in [2.05, 4.69) is 4.98 Å². The summed E-state index contributed by atoms with van der Waals surface area (Å²) in [7, 11) is 0. The summed E-state index contributed by atoms with van der Waals surface area (Å²) in [6.07, 6.45) is -3.10. The van der Waals surface area contributed by atoms with Crippen LogP contribution in [0.25, 0.3) is 0 Å². The fraction of sp³-hybridized carbons (Fsp3) is 0.583. The van der Waals surface area contributed by atoms with E-state index in [4.69, 9.17) is 9.84 Å². The van der Waals surface area contributed by atoms with Crippen molar-refractivity contribution in [2.45, 2.75) is 6.18 Å². The van der Waals surface area contributed by atoms with Crippen LogP contribution in [0.3, 0.4) is 0 Å². The molecule has 2 rings (SSSR count). The molecule has 19 heavy (non-hydrogen) atoms. The van der Waals surface area contributed by atoms with Gasteiger partial charge in [-0.05, 0) is 12.1 Å². The average molecular weight is 276 g/mol. The van der Waals surface area contributed by atoms with E-state index in [0.717, 1.165) is 6.07 Å². The summed E-state index contributed by atoms with van der Waals surface area (Å²) in [5.41, 5.74) is -0.756. The number of aliphatic hydroxyl groups excluding tert-OH is 1. The van der Waals surface area contributed by atoms with Crippen LogP contribution in [-0.4, -0.2) is 43.0 Å². The Bertz CT molecular complexity index is 426. The first-order valence-electron chi connectivity index (χ1n) is 5.98. The van der Waals surface area contributed by atoms with Gasteiger partial charge in [-0.25, -0.2) is 4.98 Å². The Morgan fingerprint density at radius 2 is 2.26 bits per heavy atom. The highest BCUT2D eigenvalue weighted by Gasteiger charge is 2.36. The maximum Gasteiger partial charge on any atom is 0.419 e. The first-order chi connectivity index (χ1) is 9.02. The molecule has 0 aromatic carbocycles. The van der Waals surface area contributed by atoms with Crippen LogP contribution < -0.4 is 4.90 Å². The molecule has 1 N–H and O–H groups in total. The smallest absolute Gasteiger partial charge is 0.396 e. The molecule has 1 aromatic rings. The molecule has 1 aliphatic heterocycles. The number of hydrogen-bond donors (Lipinski definition) is 1. The monoisotopic (exact) mass is 276 g/mol. The standard InChI is InChI=1S/C12H15F3N2O2/c13-12(14,15)10-2-1-3-16-11(10)17-4-5-19-8-9(6-17)7-18/h1-3,9,18H,4-8H2/t9-/m0/s1. The zero-order valence-corrected chi connectivity index (χ0v) is 10.2. The van der Waals surface area contributed by atoms with Gasteiger partial charge in [0, 0.05) is 31.8 Å². The summed E-state index contributed by atoms with van der Waals surface area (Å²) >= 11 is 0. The van der Waals surface area contributed by atoms with Crippen molar-refractivity contribution in [1.82, 2.24) is 4.98 Å². The lowest BCUT2D eigenvalue weighted by atomic mass is 10.1. The van der Waals surface area contributed by atoms with E-state index in [9.17, 15) is 13.2 Å². The first kappa shape index (κ1) is 14.1. The fourth-order valence-corrected chi connectivity index (χ4v) is 2.05. The van der Waals surface area contributed by atoms with Crippen molar-refractivity contribution in [3.8, 4) is 0 Å². The van der Waals surface area contributed by atoms with E-state index in [0.29, 0.717) is 26.3 Å². The molecule has 1 aliphatic rings. The molecule has 1 fully saturated rings. The van der Waals surface area contributed by atoms with Gasteiger partial charge in [-0.1, -0.05) is 0 Å². The second kappa shape index (κ2) is 5.75. The van der Waals surface area contributed by atoms with Gasteiger partial charge in [0.2, 0.25) is 0 Å². The molecular formula is C12H15F3N2O2. The molecule has 0 unspecified atom stereocenters. The minimum Gasteiger partial charge on any atom is -0.396 e. The number of ether oxygens (including phenoxy) is 1. The number of aromatic nitrogens is 1. The number of hydrogen-bond acceptors (Lipinski definition) is 4. The normalized spacial score (nSPS) is 21.3. The first-order valence-corrected chi connectivity index (χ1v) is 5.98. The van der Waals surface area contributed by atoms with Gasteiger partial charge in [-0.3, -0.25) is 0 Å². The van der Waals surface area contributed by atoms with Crippen molar-refractivity contribution in [2.75, 3.05) is 37.8 Å². The van der Waals surface area contributed by atoms with Crippen LogP contribution in [-0.2, 0) is 10.9 Å². The van der Waals surface area contributed by atoms with Crippen LogP contribution in [0.15, 0.2) is 18.3 Å². The molecule has 0 saturated carbocycles. The van der Waals surface area contributed by atoms with Crippen LogP contribution in [0.1, 0.15) is 5.56 Å². The molecule has 0 radical (unpaired) electrons.